The second-order valence-corrected chi connectivity index (χ2v) is 11.4. The Hall–Kier alpha value is -2.26. The van der Waals surface area contributed by atoms with Gasteiger partial charge in [0.2, 0.25) is 5.95 Å². The van der Waals surface area contributed by atoms with Crippen LogP contribution in [0.5, 0.6) is 0 Å². The number of halogens is 1. The Bertz CT molecular complexity index is 1180. The Morgan fingerprint density at radius 3 is 2.74 bits per heavy atom. The van der Waals surface area contributed by atoms with E-state index >= 15 is 0 Å². The van der Waals surface area contributed by atoms with E-state index in [4.69, 9.17) is 31.5 Å². The first-order valence-corrected chi connectivity index (χ1v) is 12.8. The number of aromatic nitrogens is 2. The molecule has 4 aliphatic rings. The topological polar surface area (TPSA) is 95.4 Å². The van der Waals surface area contributed by atoms with Crippen LogP contribution in [0.3, 0.4) is 0 Å². The molecule has 0 radical (unpaired) electrons. The first kappa shape index (κ1) is 23.2. The second-order valence-electron chi connectivity index (χ2n) is 11.0. The molecule has 2 saturated carbocycles. The van der Waals surface area contributed by atoms with Crippen molar-refractivity contribution in [2.45, 2.75) is 49.6 Å². The van der Waals surface area contributed by atoms with Crippen molar-refractivity contribution in [2.75, 3.05) is 45.3 Å². The molecular formula is C26H33ClN6O2. The lowest BCUT2D eigenvalue weighted by Gasteiger charge is -2.50. The minimum atomic E-state index is 0.146. The van der Waals surface area contributed by atoms with Crippen molar-refractivity contribution < 1.29 is 9.47 Å². The third kappa shape index (κ3) is 4.00. The maximum absolute atomic E-state index is 7.81. The van der Waals surface area contributed by atoms with Gasteiger partial charge in [-0.1, -0.05) is 11.6 Å². The SMILES string of the molecule is COCC12CC1(N/C=C(\C=N)Nc1ncc3cc(Cl)c(C4CCN(C5(C)COC5)CC4)cc3n1)C2. The standard InChI is InChI=1S/C26H33ClN6O2/c1-24(14-35-15-24)33-5-3-17(4-6-33)20-8-22-18(7-21(20)27)10-29-23(32-22)31-19(9-28)11-30-26-12-25(26,13-26)16-34-2/h7-11,17,28,30H,3-6,12-16H2,1-2H3,(H,29,31,32)/b19-11+,28-9?. The molecule has 8 nitrogen and oxygen atoms in total. The van der Waals surface area contributed by atoms with E-state index in [1.54, 1.807) is 13.3 Å². The van der Waals surface area contributed by atoms with Gasteiger partial charge >= 0.3 is 0 Å². The van der Waals surface area contributed by atoms with Crippen LogP contribution >= 0.6 is 11.6 Å². The van der Waals surface area contributed by atoms with Crippen molar-refractivity contribution >= 4 is 34.7 Å². The van der Waals surface area contributed by atoms with Gasteiger partial charge in [-0.05, 0) is 69.3 Å². The van der Waals surface area contributed by atoms with Crippen LogP contribution in [0, 0.1) is 10.8 Å². The molecule has 2 saturated heterocycles. The second kappa shape index (κ2) is 8.40. The van der Waals surface area contributed by atoms with Crippen LogP contribution in [-0.2, 0) is 9.47 Å². The summed E-state index contributed by atoms with van der Waals surface area (Å²) in [5, 5.41) is 16.2. The zero-order chi connectivity index (χ0) is 24.3. The van der Waals surface area contributed by atoms with E-state index in [1.165, 1.54) is 11.8 Å². The molecule has 3 heterocycles. The maximum atomic E-state index is 7.81. The van der Waals surface area contributed by atoms with Crippen molar-refractivity contribution in [3.8, 4) is 0 Å². The Kier molecular flexibility index (Phi) is 5.56. The number of allylic oxidation sites excluding steroid dienone is 1. The molecule has 0 bridgehead atoms. The van der Waals surface area contributed by atoms with Crippen LogP contribution in [-0.4, -0.2) is 72.2 Å². The lowest BCUT2D eigenvalue weighted by Crippen LogP contribution is -2.61. The fourth-order valence-electron chi connectivity index (χ4n) is 6.00. The van der Waals surface area contributed by atoms with E-state index in [0.29, 0.717) is 23.0 Å². The summed E-state index contributed by atoms with van der Waals surface area (Å²) in [6.45, 7) is 6.86. The van der Waals surface area contributed by atoms with Crippen molar-refractivity contribution in [1.82, 2.24) is 20.2 Å². The predicted molar refractivity (Wildman–Crippen MR) is 137 cm³/mol. The van der Waals surface area contributed by atoms with Gasteiger partial charge < -0.3 is 25.5 Å². The van der Waals surface area contributed by atoms with Crippen LogP contribution in [0.1, 0.15) is 44.1 Å². The Morgan fingerprint density at radius 1 is 1.31 bits per heavy atom. The van der Waals surface area contributed by atoms with E-state index in [1.807, 2.05) is 12.3 Å². The molecule has 1 aromatic carbocycles. The van der Waals surface area contributed by atoms with E-state index in [-0.39, 0.29) is 11.1 Å². The van der Waals surface area contributed by atoms with E-state index in [9.17, 15) is 0 Å². The highest BCUT2D eigenvalue weighted by Gasteiger charge is 2.83. The quantitative estimate of drug-likeness (QED) is 0.453. The van der Waals surface area contributed by atoms with Gasteiger partial charge in [0.05, 0.1) is 36.6 Å². The van der Waals surface area contributed by atoms with Gasteiger partial charge in [-0.3, -0.25) is 4.90 Å². The minimum Gasteiger partial charge on any atom is -0.384 e. The highest BCUT2D eigenvalue weighted by Crippen LogP contribution is 2.78. The normalized spacial score (nSPS) is 29.9. The zero-order valence-corrected chi connectivity index (χ0v) is 21.1. The van der Waals surface area contributed by atoms with Crippen molar-refractivity contribution in [1.29, 1.82) is 5.41 Å². The van der Waals surface area contributed by atoms with Gasteiger partial charge in [-0.15, -0.1) is 0 Å². The summed E-state index contributed by atoms with van der Waals surface area (Å²) in [6, 6.07) is 4.10. The number of piperidine rings is 1. The van der Waals surface area contributed by atoms with Gasteiger partial charge in [0.15, 0.2) is 0 Å². The lowest BCUT2D eigenvalue weighted by molar-refractivity contribution is -0.136. The molecule has 0 atom stereocenters. The van der Waals surface area contributed by atoms with Crippen LogP contribution in [0.4, 0.5) is 5.95 Å². The van der Waals surface area contributed by atoms with Gasteiger partial charge in [0, 0.05) is 47.1 Å². The molecule has 0 unspecified atom stereocenters. The van der Waals surface area contributed by atoms with E-state index in [2.05, 4.69) is 33.5 Å². The van der Waals surface area contributed by atoms with Crippen molar-refractivity contribution in [3.05, 3.63) is 40.8 Å². The molecule has 0 spiro atoms. The number of methoxy groups -OCH3 is 1. The Labute approximate surface area is 210 Å². The van der Waals surface area contributed by atoms with Gasteiger partial charge in [0.1, 0.15) is 0 Å². The average molecular weight is 497 g/mol. The molecule has 2 aromatic rings. The number of nitrogens with one attached hydrogen (secondary N) is 3. The third-order valence-corrected chi connectivity index (χ3v) is 8.93. The highest BCUT2D eigenvalue weighted by atomic mass is 35.5. The van der Waals surface area contributed by atoms with Crippen LogP contribution < -0.4 is 10.6 Å². The van der Waals surface area contributed by atoms with E-state index < -0.39 is 0 Å². The first-order valence-electron chi connectivity index (χ1n) is 12.4. The third-order valence-electron chi connectivity index (χ3n) is 8.60. The van der Waals surface area contributed by atoms with Crippen LogP contribution in [0.25, 0.3) is 10.9 Å². The van der Waals surface area contributed by atoms with Crippen LogP contribution in [0.2, 0.25) is 5.02 Å². The number of hydrogen-bond acceptors (Lipinski definition) is 8. The largest absolute Gasteiger partial charge is 0.384 e. The van der Waals surface area contributed by atoms with Crippen molar-refractivity contribution in [2.24, 2.45) is 5.41 Å². The summed E-state index contributed by atoms with van der Waals surface area (Å²) in [5.74, 6) is 0.895. The number of nitrogens with zero attached hydrogens (tertiary/aromatic N) is 3. The predicted octanol–water partition coefficient (Wildman–Crippen LogP) is 3.92. The minimum absolute atomic E-state index is 0.146. The molecule has 0 amide bonds. The zero-order valence-electron chi connectivity index (χ0n) is 20.4. The van der Waals surface area contributed by atoms with Crippen molar-refractivity contribution in [3.63, 3.8) is 0 Å². The summed E-state index contributed by atoms with van der Waals surface area (Å²) in [6.07, 6.45) is 9.34. The molecule has 1 aromatic heterocycles. The average Bonchev–Trinajstić information content (AvgIpc) is 3.66. The molecule has 6 rings (SSSR count). The molecule has 9 heteroatoms. The summed E-state index contributed by atoms with van der Waals surface area (Å²) < 4.78 is 10.8. The summed E-state index contributed by atoms with van der Waals surface area (Å²) >= 11 is 6.71. The molecule has 3 N–H and O–H groups in total. The smallest absolute Gasteiger partial charge is 0.227 e. The molecule has 186 valence electrons. The number of anilines is 1. The molecule has 2 aliphatic heterocycles. The monoisotopic (exact) mass is 496 g/mol. The molecule has 2 aliphatic carbocycles. The fraction of sp³-hybridized carbons (Fsp3) is 0.577. The fourth-order valence-corrected chi connectivity index (χ4v) is 6.32. The van der Waals surface area contributed by atoms with Crippen LogP contribution in [0.15, 0.2) is 30.2 Å². The van der Waals surface area contributed by atoms with Gasteiger partial charge in [0.25, 0.3) is 0 Å². The Balaban J connectivity index is 1.15. The summed E-state index contributed by atoms with van der Waals surface area (Å²) in [4.78, 5) is 11.8. The number of hydrogen-bond donors (Lipinski definition) is 3. The summed E-state index contributed by atoms with van der Waals surface area (Å²) in [5.41, 5.74) is 3.29. The summed E-state index contributed by atoms with van der Waals surface area (Å²) in [7, 11) is 1.75. The van der Waals surface area contributed by atoms with Gasteiger partial charge in [-0.25, -0.2) is 9.97 Å². The lowest BCUT2D eigenvalue weighted by atomic mass is 9.86. The molecular weight excluding hydrogens is 464 g/mol. The number of rotatable bonds is 9. The number of likely N-dealkylation sites (tertiary alicyclic amines) is 1. The number of fused-ring (bicyclic) bond motifs is 2. The van der Waals surface area contributed by atoms with E-state index in [0.717, 1.165) is 74.5 Å². The maximum Gasteiger partial charge on any atom is 0.227 e. The van der Waals surface area contributed by atoms with Gasteiger partial charge in [-0.2, -0.15) is 0 Å². The Morgan fingerprint density at radius 2 is 2.09 bits per heavy atom. The molecule has 4 fully saturated rings. The number of ether oxygens (including phenoxy) is 2. The molecule has 35 heavy (non-hydrogen) atoms. The number of benzene rings is 1. The highest BCUT2D eigenvalue weighted by molar-refractivity contribution is 6.32. The first-order chi connectivity index (χ1) is 16.9.